The van der Waals surface area contributed by atoms with E-state index in [2.05, 4.69) is 15.9 Å². The third-order valence-electron chi connectivity index (χ3n) is 6.38. The van der Waals surface area contributed by atoms with Crippen molar-refractivity contribution in [1.82, 2.24) is 9.47 Å². The minimum Gasteiger partial charge on any atom is -0.503 e. The average molecular weight is 531 g/mol. The number of nitrogens with zero attached hydrogens (tertiary/aromatic N) is 2. The Kier molecular flexibility index (Phi) is 4.93. The fourth-order valence-corrected chi connectivity index (χ4v) is 5.17. The van der Waals surface area contributed by atoms with Crippen molar-refractivity contribution < 1.29 is 23.5 Å². The summed E-state index contributed by atoms with van der Waals surface area (Å²) in [7, 11) is 1.90. The Labute approximate surface area is 208 Å². The molecule has 3 aromatic heterocycles. The molecule has 1 N–H and O–H groups in total. The zero-order chi connectivity index (χ0) is 24.3. The monoisotopic (exact) mass is 530 g/mol. The first-order valence-corrected chi connectivity index (χ1v) is 11.8. The van der Waals surface area contributed by atoms with Crippen LogP contribution >= 0.6 is 15.9 Å². The second-order valence-electron chi connectivity index (χ2n) is 8.51. The summed E-state index contributed by atoms with van der Waals surface area (Å²) < 4.78 is 14.1. The summed E-state index contributed by atoms with van der Waals surface area (Å²) in [5.41, 5.74) is 2.19. The Morgan fingerprint density at radius 2 is 1.94 bits per heavy atom. The lowest BCUT2D eigenvalue weighted by Crippen LogP contribution is -2.30. The smallest absolute Gasteiger partial charge is 0.290 e. The summed E-state index contributed by atoms with van der Waals surface area (Å²) in [6, 6.07) is 17.4. The number of carbonyl (C=O) groups is 2. The highest BCUT2D eigenvalue weighted by molar-refractivity contribution is 9.10. The number of rotatable bonds is 5. The molecule has 1 unspecified atom stereocenters. The predicted octanol–water partition coefficient (Wildman–Crippen LogP) is 6.06. The van der Waals surface area contributed by atoms with Crippen LogP contribution in [0.5, 0.6) is 0 Å². The maximum absolute atomic E-state index is 13.8. The second kappa shape index (κ2) is 8.02. The van der Waals surface area contributed by atoms with Gasteiger partial charge >= 0.3 is 0 Å². The molecule has 0 fully saturated rings. The van der Waals surface area contributed by atoms with Gasteiger partial charge in [0.15, 0.2) is 11.5 Å². The van der Waals surface area contributed by atoms with Gasteiger partial charge in [0.05, 0.1) is 24.4 Å². The summed E-state index contributed by atoms with van der Waals surface area (Å²) in [6.07, 6.45) is 3.41. The van der Waals surface area contributed by atoms with Gasteiger partial charge in [-0.25, -0.2) is 0 Å². The van der Waals surface area contributed by atoms with Gasteiger partial charge in [-0.1, -0.05) is 34.1 Å². The lowest BCUT2D eigenvalue weighted by molar-refractivity contribution is -0.130. The highest BCUT2D eigenvalue weighted by Gasteiger charge is 2.45. The number of aliphatic hydroxyl groups excluding tert-OH is 1. The molecule has 1 aliphatic rings. The number of aromatic nitrogens is 1. The van der Waals surface area contributed by atoms with Crippen molar-refractivity contribution >= 4 is 49.5 Å². The first-order valence-electron chi connectivity index (χ1n) is 11.0. The molecule has 0 bridgehead atoms. The SMILES string of the molecule is Cn1cc(C2C(C(=O)c3cc4cc(Br)ccc4o3)=C(O)C(=O)N2Cc2ccco2)c2ccccc21. The average Bonchev–Trinajstić information content (AvgIpc) is 3.62. The van der Waals surface area contributed by atoms with E-state index in [9.17, 15) is 14.7 Å². The maximum atomic E-state index is 13.8. The number of hydrogen-bond donors (Lipinski definition) is 1. The van der Waals surface area contributed by atoms with Crippen molar-refractivity contribution in [2.24, 2.45) is 7.05 Å². The Morgan fingerprint density at radius 1 is 1.11 bits per heavy atom. The summed E-state index contributed by atoms with van der Waals surface area (Å²) >= 11 is 3.43. The molecule has 0 radical (unpaired) electrons. The van der Waals surface area contributed by atoms with Gasteiger partial charge < -0.3 is 23.4 Å². The molecule has 1 atom stereocenters. The molecule has 6 rings (SSSR count). The van der Waals surface area contributed by atoms with E-state index in [0.29, 0.717) is 11.3 Å². The molecule has 8 heteroatoms. The molecule has 0 spiro atoms. The van der Waals surface area contributed by atoms with E-state index in [1.807, 2.05) is 54.2 Å². The minimum atomic E-state index is -0.828. The summed E-state index contributed by atoms with van der Waals surface area (Å²) in [4.78, 5) is 28.6. The third-order valence-corrected chi connectivity index (χ3v) is 6.87. The van der Waals surface area contributed by atoms with Crippen molar-refractivity contribution in [3.05, 3.63) is 106 Å². The fraction of sp³-hybridized carbons (Fsp3) is 0.111. The molecule has 174 valence electrons. The van der Waals surface area contributed by atoms with E-state index in [0.717, 1.165) is 26.3 Å². The third kappa shape index (κ3) is 3.40. The first kappa shape index (κ1) is 21.5. The topological polar surface area (TPSA) is 88.8 Å². The Hall–Kier alpha value is -4.04. The number of carbonyl (C=O) groups excluding carboxylic acids is 2. The van der Waals surface area contributed by atoms with Crippen LogP contribution in [0.25, 0.3) is 21.9 Å². The van der Waals surface area contributed by atoms with E-state index in [-0.39, 0.29) is 17.9 Å². The quantitative estimate of drug-likeness (QED) is 0.279. The van der Waals surface area contributed by atoms with Gasteiger partial charge in [-0.3, -0.25) is 9.59 Å². The lowest BCUT2D eigenvalue weighted by atomic mass is 9.94. The fourth-order valence-electron chi connectivity index (χ4n) is 4.79. The molecule has 35 heavy (non-hydrogen) atoms. The van der Waals surface area contributed by atoms with Crippen LogP contribution in [0.4, 0.5) is 0 Å². The van der Waals surface area contributed by atoms with Crippen molar-refractivity contribution in [1.29, 1.82) is 0 Å². The number of aryl methyl sites for hydroxylation is 1. The number of hydrogen-bond acceptors (Lipinski definition) is 5. The number of furan rings is 2. The molecule has 1 amide bonds. The standard InChI is InChI=1S/C27H19BrN2O5/c1-29-14-19(18-6-2-3-7-20(18)29)24-23(26(32)27(33)30(24)13-17-5-4-10-34-17)25(31)22-12-15-11-16(28)8-9-21(15)35-22/h2-12,14,24,32H,13H2,1H3. The molecule has 5 aromatic rings. The van der Waals surface area contributed by atoms with Crippen molar-refractivity contribution in [3.8, 4) is 0 Å². The van der Waals surface area contributed by atoms with Gasteiger partial charge in [-0.15, -0.1) is 0 Å². The zero-order valence-corrected chi connectivity index (χ0v) is 20.2. The van der Waals surface area contributed by atoms with E-state index in [4.69, 9.17) is 8.83 Å². The number of Topliss-reactive ketones (excluding diaryl/α,β-unsaturated/α-hetero) is 1. The molecule has 7 nitrogen and oxygen atoms in total. The number of aliphatic hydroxyl groups is 1. The summed E-state index contributed by atoms with van der Waals surface area (Å²) in [6.45, 7) is 0.0909. The summed E-state index contributed by atoms with van der Waals surface area (Å²) in [5, 5.41) is 12.6. The lowest BCUT2D eigenvalue weighted by Gasteiger charge is -2.25. The zero-order valence-electron chi connectivity index (χ0n) is 18.6. The van der Waals surface area contributed by atoms with E-state index < -0.39 is 23.5 Å². The van der Waals surface area contributed by atoms with Crippen LogP contribution in [-0.2, 0) is 18.4 Å². The summed E-state index contributed by atoms with van der Waals surface area (Å²) in [5.74, 6) is -1.16. The van der Waals surface area contributed by atoms with Crippen molar-refractivity contribution in [3.63, 3.8) is 0 Å². The molecule has 0 saturated carbocycles. The van der Waals surface area contributed by atoms with E-state index >= 15 is 0 Å². The normalized spacial score (nSPS) is 16.2. The van der Waals surface area contributed by atoms with Gasteiger partial charge in [-0.05, 0) is 42.5 Å². The minimum absolute atomic E-state index is 0.0176. The number of fused-ring (bicyclic) bond motifs is 2. The van der Waals surface area contributed by atoms with Gasteiger partial charge in [0.1, 0.15) is 11.3 Å². The highest BCUT2D eigenvalue weighted by Crippen LogP contribution is 2.43. The molecular weight excluding hydrogens is 512 g/mol. The Bertz CT molecular complexity index is 1660. The van der Waals surface area contributed by atoms with Gasteiger partial charge in [0, 0.05) is 39.6 Å². The Morgan fingerprint density at radius 3 is 2.74 bits per heavy atom. The Balaban J connectivity index is 1.52. The number of benzene rings is 2. The van der Waals surface area contributed by atoms with Gasteiger partial charge in [-0.2, -0.15) is 0 Å². The van der Waals surface area contributed by atoms with Crippen LogP contribution in [0.3, 0.4) is 0 Å². The van der Waals surface area contributed by atoms with Gasteiger partial charge in [0.25, 0.3) is 5.91 Å². The molecular formula is C27H19BrN2O5. The number of amides is 1. The predicted molar refractivity (Wildman–Crippen MR) is 133 cm³/mol. The first-order chi connectivity index (χ1) is 16.9. The van der Waals surface area contributed by atoms with Crippen molar-refractivity contribution in [2.45, 2.75) is 12.6 Å². The largest absolute Gasteiger partial charge is 0.503 e. The molecule has 0 aliphatic carbocycles. The van der Waals surface area contributed by atoms with E-state index in [1.165, 1.54) is 11.2 Å². The van der Waals surface area contributed by atoms with Crippen LogP contribution < -0.4 is 0 Å². The molecule has 2 aromatic carbocycles. The van der Waals surface area contributed by atoms with Crippen LogP contribution in [0, 0.1) is 0 Å². The maximum Gasteiger partial charge on any atom is 0.290 e. The van der Waals surface area contributed by atoms with Gasteiger partial charge in [0.2, 0.25) is 5.78 Å². The molecule has 1 aliphatic heterocycles. The number of ketones is 1. The second-order valence-corrected chi connectivity index (χ2v) is 9.43. The van der Waals surface area contributed by atoms with E-state index in [1.54, 1.807) is 24.3 Å². The highest BCUT2D eigenvalue weighted by atomic mass is 79.9. The molecule has 0 saturated heterocycles. The van der Waals surface area contributed by atoms with Crippen LogP contribution in [0.1, 0.15) is 27.9 Å². The van der Waals surface area contributed by atoms with Crippen LogP contribution in [-0.4, -0.2) is 26.3 Å². The number of para-hydroxylation sites is 1. The van der Waals surface area contributed by atoms with Crippen LogP contribution in [0.15, 0.2) is 97.8 Å². The van der Waals surface area contributed by atoms with Crippen LogP contribution in [0.2, 0.25) is 0 Å². The number of halogens is 1. The van der Waals surface area contributed by atoms with Crippen molar-refractivity contribution in [2.75, 3.05) is 0 Å². The molecule has 4 heterocycles.